The van der Waals surface area contributed by atoms with Crippen LogP contribution < -0.4 is 0 Å². The lowest BCUT2D eigenvalue weighted by atomic mass is 9.91. The fourth-order valence-corrected chi connectivity index (χ4v) is 4.98. The summed E-state index contributed by atoms with van der Waals surface area (Å²) in [4.78, 5) is 2.82. The van der Waals surface area contributed by atoms with Gasteiger partial charge in [0.2, 0.25) is 0 Å². The van der Waals surface area contributed by atoms with Crippen LogP contribution in [0, 0.1) is 0 Å². The molecule has 6 rings (SSSR count). The Kier molecular flexibility index (Phi) is 6.39. The van der Waals surface area contributed by atoms with Gasteiger partial charge in [0.05, 0.1) is 0 Å². The summed E-state index contributed by atoms with van der Waals surface area (Å²) in [5.41, 5.74) is 6.34. The number of aromatic nitrogens is 6. The molecule has 10 heteroatoms. The average molecular weight is 523 g/mol. The Morgan fingerprint density at radius 1 is 0.513 bits per heavy atom. The van der Waals surface area contributed by atoms with Crippen molar-refractivity contribution in [2.24, 2.45) is 0 Å². The highest BCUT2D eigenvalue weighted by atomic mass is 16.3. The summed E-state index contributed by atoms with van der Waals surface area (Å²) in [5, 5.41) is 60.2. The van der Waals surface area contributed by atoms with Crippen molar-refractivity contribution in [1.29, 1.82) is 0 Å². The lowest BCUT2D eigenvalue weighted by Gasteiger charge is -2.20. The third-order valence-corrected chi connectivity index (χ3v) is 6.81. The first kappa shape index (κ1) is 24.5. The molecule has 0 atom stereocenters. The number of rotatable bonds is 8. The highest BCUT2D eigenvalue weighted by molar-refractivity contribution is 5.75. The summed E-state index contributed by atoms with van der Waals surface area (Å²) in [6, 6.07) is 21.5. The van der Waals surface area contributed by atoms with Crippen LogP contribution in [0.25, 0.3) is 33.4 Å². The van der Waals surface area contributed by atoms with Crippen LogP contribution in [-0.2, 0) is 19.3 Å². The van der Waals surface area contributed by atoms with E-state index in [0.29, 0.717) is 57.4 Å². The first-order valence-electron chi connectivity index (χ1n) is 12.6. The molecule has 0 aliphatic carbocycles. The van der Waals surface area contributed by atoms with Crippen molar-refractivity contribution in [3.05, 3.63) is 95.1 Å². The Labute approximate surface area is 223 Å². The van der Waals surface area contributed by atoms with Crippen LogP contribution in [0.2, 0.25) is 0 Å². The number of fused-ring (bicyclic) bond motifs is 2. The molecule has 4 N–H and O–H groups in total. The molecule has 0 fully saturated rings. The van der Waals surface area contributed by atoms with Crippen molar-refractivity contribution in [3.63, 3.8) is 0 Å². The van der Waals surface area contributed by atoms with Crippen molar-refractivity contribution in [2.45, 2.75) is 19.3 Å². The van der Waals surface area contributed by atoms with E-state index in [-0.39, 0.29) is 31.1 Å². The molecule has 0 unspecified atom stereocenters. The first-order valence-corrected chi connectivity index (χ1v) is 12.6. The van der Waals surface area contributed by atoms with E-state index >= 15 is 0 Å². The van der Waals surface area contributed by atoms with Gasteiger partial charge in [0.25, 0.3) is 0 Å². The van der Waals surface area contributed by atoms with Crippen molar-refractivity contribution < 1.29 is 20.4 Å². The fourth-order valence-electron chi connectivity index (χ4n) is 4.98. The number of benzene rings is 4. The molecule has 6 aromatic rings. The summed E-state index contributed by atoms with van der Waals surface area (Å²) < 4.78 is 0. The van der Waals surface area contributed by atoms with Crippen LogP contribution in [0.3, 0.4) is 0 Å². The van der Waals surface area contributed by atoms with E-state index in [1.165, 1.54) is 9.59 Å². The summed E-state index contributed by atoms with van der Waals surface area (Å²) in [7, 11) is 0. The Hall–Kier alpha value is -4.80. The molecule has 0 radical (unpaired) electrons. The summed E-state index contributed by atoms with van der Waals surface area (Å²) in [6.07, 6.45) is 0.876. The first-order chi connectivity index (χ1) is 19.1. The second-order valence-corrected chi connectivity index (χ2v) is 9.22. The van der Waals surface area contributed by atoms with Crippen LogP contribution in [0.5, 0.6) is 11.5 Å². The van der Waals surface area contributed by atoms with Crippen LogP contribution in [0.4, 0.5) is 0 Å². The zero-order valence-corrected chi connectivity index (χ0v) is 20.9. The third-order valence-electron chi connectivity index (χ3n) is 6.81. The van der Waals surface area contributed by atoms with Gasteiger partial charge in [-0.25, -0.2) is 0 Å². The molecule has 0 aliphatic heterocycles. The maximum atomic E-state index is 11.1. The Morgan fingerprint density at radius 3 is 1.21 bits per heavy atom. The van der Waals surface area contributed by atoms with Gasteiger partial charge >= 0.3 is 0 Å². The predicted molar refractivity (Wildman–Crippen MR) is 145 cm³/mol. The lowest BCUT2D eigenvalue weighted by Crippen LogP contribution is -2.13. The second kappa shape index (κ2) is 10.2. The van der Waals surface area contributed by atoms with Gasteiger partial charge in [0.1, 0.15) is 44.9 Å². The van der Waals surface area contributed by atoms with Gasteiger partial charge in [0, 0.05) is 19.6 Å². The Balaban J connectivity index is 1.59. The molecule has 39 heavy (non-hydrogen) atoms. The third kappa shape index (κ3) is 4.45. The minimum Gasteiger partial charge on any atom is -0.506 e. The Morgan fingerprint density at radius 2 is 0.872 bits per heavy atom. The molecule has 0 spiro atoms. The monoisotopic (exact) mass is 522 g/mol. The van der Waals surface area contributed by atoms with Gasteiger partial charge in [-0.05, 0) is 71.5 Å². The summed E-state index contributed by atoms with van der Waals surface area (Å²) >= 11 is 0. The number of phenolic OH excluding ortho intramolecular Hbond substituents is 2. The topological polar surface area (TPSA) is 142 Å². The van der Waals surface area contributed by atoms with Gasteiger partial charge in [-0.1, -0.05) is 36.4 Å². The van der Waals surface area contributed by atoms with Gasteiger partial charge in [-0.15, -0.1) is 30.0 Å². The minimum atomic E-state index is -0.103. The normalized spacial score (nSPS) is 11.5. The van der Waals surface area contributed by atoms with E-state index in [1.807, 2.05) is 48.5 Å². The van der Waals surface area contributed by atoms with E-state index in [4.69, 9.17) is 0 Å². The molecule has 4 aromatic carbocycles. The van der Waals surface area contributed by atoms with E-state index < -0.39 is 0 Å². The number of phenols is 2. The average Bonchev–Trinajstić information content (AvgIpc) is 3.56. The minimum absolute atomic E-state index is 0.0274. The molecule has 0 amide bonds. The van der Waals surface area contributed by atoms with E-state index in [0.717, 1.165) is 11.1 Å². The highest BCUT2D eigenvalue weighted by Crippen LogP contribution is 2.36. The largest absolute Gasteiger partial charge is 0.506 e. The molecule has 2 aromatic heterocycles. The smallest absolute Gasteiger partial charge is 0.143 e. The highest BCUT2D eigenvalue weighted by Gasteiger charge is 2.23. The number of aromatic hydroxyl groups is 2. The molecule has 196 valence electrons. The van der Waals surface area contributed by atoms with Gasteiger partial charge in [0.15, 0.2) is 0 Å². The molecule has 2 heterocycles. The number of nitrogens with zero attached hydrogens (tertiary/aromatic N) is 6. The summed E-state index contributed by atoms with van der Waals surface area (Å²) in [5.74, 6) is -0.0549. The van der Waals surface area contributed by atoms with Gasteiger partial charge in [-0.2, -0.15) is 0 Å². The zero-order valence-electron chi connectivity index (χ0n) is 20.9. The number of hydrogen-bond donors (Lipinski definition) is 4. The maximum Gasteiger partial charge on any atom is 0.143 e. The zero-order chi connectivity index (χ0) is 26.9. The summed E-state index contributed by atoms with van der Waals surface area (Å²) in [6.45, 7) is -0.206. The molecule has 10 nitrogen and oxygen atoms in total. The predicted octanol–water partition coefficient (Wildman–Crippen LogP) is 3.23. The van der Waals surface area contributed by atoms with Crippen molar-refractivity contribution in [3.8, 4) is 22.9 Å². The van der Waals surface area contributed by atoms with Crippen LogP contribution >= 0.6 is 0 Å². The van der Waals surface area contributed by atoms with E-state index in [1.54, 1.807) is 24.3 Å². The van der Waals surface area contributed by atoms with Crippen molar-refractivity contribution >= 4 is 22.1 Å². The molecule has 0 saturated heterocycles. The van der Waals surface area contributed by atoms with Gasteiger partial charge < -0.3 is 20.4 Å². The van der Waals surface area contributed by atoms with Crippen LogP contribution in [0.1, 0.15) is 22.3 Å². The molecule has 0 aliphatic rings. The van der Waals surface area contributed by atoms with Crippen molar-refractivity contribution in [1.82, 2.24) is 30.0 Å². The van der Waals surface area contributed by atoms with Gasteiger partial charge in [-0.3, -0.25) is 0 Å². The van der Waals surface area contributed by atoms with Crippen LogP contribution in [0.15, 0.2) is 72.8 Å². The lowest BCUT2D eigenvalue weighted by molar-refractivity contribution is 0.299. The molecule has 0 saturated carbocycles. The maximum absolute atomic E-state index is 11.1. The number of hydrogen-bond acceptors (Lipinski definition) is 8. The Bertz CT molecular complexity index is 1610. The van der Waals surface area contributed by atoms with E-state index in [2.05, 4.69) is 20.4 Å². The number of aliphatic hydroxyl groups is 2. The van der Waals surface area contributed by atoms with Crippen LogP contribution in [-0.4, -0.2) is 63.6 Å². The molecular weight excluding hydrogens is 496 g/mol. The quantitative estimate of drug-likeness (QED) is 0.239. The molecule has 0 bridgehead atoms. The van der Waals surface area contributed by atoms with E-state index in [9.17, 15) is 20.4 Å². The second-order valence-electron chi connectivity index (χ2n) is 9.22. The van der Waals surface area contributed by atoms with Crippen molar-refractivity contribution in [2.75, 3.05) is 13.2 Å². The number of aliphatic hydroxyl groups excluding tert-OH is 2. The standard InChI is InChI=1S/C29H26N6O4/c36-15-13-18-9-11-26(38)28(34-30-22-5-1-2-6-23(22)31-34)20(18)17-21-19(14-16-37)10-12-27(39)29(21)35-32-24-7-3-4-8-25(24)33-35/h1-12,36-39H,13-17H2. The molecular formula is C29H26N6O4. The fraction of sp³-hybridized carbons (Fsp3) is 0.172. The SMILES string of the molecule is OCCc1ccc(O)c(-n2nc3ccccc3n2)c1Cc1c(CCO)ccc(O)c1-n1nc2ccccc2n1.